The number of thioether (sulfide) groups is 1. The number of aliphatic imine (C=N–C) groups is 1. The van der Waals surface area contributed by atoms with Crippen LogP contribution in [0.3, 0.4) is 0 Å². The largest absolute Gasteiger partial charge is 0.573 e. The lowest BCUT2D eigenvalue weighted by atomic mass is 9.89. The second kappa shape index (κ2) is 5.13. The maximum absolute atomic E-state index is 12.4. The minimum atomic E-state index is -4.76. The van der Waals surface area contributed by atoms with E-state index in [4.69, 9.17) is 5.84 Å². The van der Waals surface area contributed by atoms with Gasteiger partial charge in [0, 0.05) is 17.0 Å². The summed E-state index contributed by atoms with van der Waals surface area (Å²) in [5, 5.41) is 0.562. The van der Waals surface area contributed by atoms with Crippen LogP contribution in [0.15, 0.2) is 28.1 Å². The molecule has 23 heavy (non-hydrogen) atoms. The topological polar surface area (TPSA) is 67.9 Å². The molecule has 0 spiro atoms. The van der Waals surface area contributed by atoms with Crippen molar-refractivity contribution in [2.24, 2.45) is 10.8 Å². The van der Waals surface area contributed by atoms with Crippen LogP contribution in [0.1, 0.15) is 20.3 Å². The van der Waals surface area contributed by atoms with E-state index in [0.29, 0.717) is 22.7 Å². The Hall–Kier alpha value is -1.74. The van der Waals surface area contributed by atoms with Gasteiger partial charge < -0.3 is 4.74 Å². The summed E-state index contributed by atoms with van der Waals surface area (Å²) in [5.74, 6) is 5.19. The molecule has 0 aliphatic carbocycles. The zero-order chi connectivity index (χ0) is 17.0. The van der Waals surface area contributed by atoms with Crippen LogP contribution >= 0.6 is 11.8 Å². The Labute approximate surface area is 134 Å². The zero-order valence-corrected chi connectivity index (χ0v) is 13.2. The van der Waals surface area contributed by atoms with Crippen molar-refractivity contribution < 1.29 is 22.7 Å². The van der Waals surface area contributed by atoms with Crippen molar-refractivity contribution in [1.29, 1.82) is 0 Å². The predicted molar refractivity (Wildman–Crippen MR) is 79.6 cm³/mol. The summed E-state index contributed by atoms with van der Waals surface area (Å²) >= 11 is 1.14. The Morgan fingerprint density at radius 1 is 1.43 bits per heavy atom. The van der Waals surface area contributed by atoms with Gasteiger partial charge in [0.1, 0.15) is 11.0 Å². The Bertz CT molecular complexity index is 703. The Balaban J connectivity index is 1.95. The zero-order valence-electron chi connectivity index (χ0n) is 12.3. The normalized spacial score (nSPS) is 23.0. The van der Waals surface area contributed by atoms with Crippen LogP contribution in [0.2, 0.25) is 0 Å². The van der Waals surface area contributed by atoms with Crippen LogP contribution in [-0.4, -0.2) is 33.8 Å². The van der Waals surface area contributed by atoms with E-state index in [2.05, 4.69) is 9.73 Å². The fourth-order valence-corrected chi connectivity index (χ4v) is 3.72. The second-order valence-electron chi connectivity index (χ2n) is 5.98. The first-order chi connectivity index (χ1) is 10.6. The van der Waals surface area contributed by atoms with Crippen LogP contribution in [0, 0.1) is 0 Å². The highest BCUT2D eigenvalue weighted by atomic mass is 32.2. The molecular formula is C14H14F3N3O2S. The third-order valence-corrected chi connectivity index (χ3v) is 4.99. The summed E-state index contributed by atoms with van der Waals surface area (Å²) in [4.78, 5) is 17.3. The van der Waals surface area contributed by atoms with Gasteiger partial charge in [0.05, 0.1) is 11.2 Å². The summed E-state index contributed by atoms with van der Waals surface area (Å²) in [6, 6.07) is 3.91. The number of alkyl halides is 3. The summed E-state index contributed by atoms with van der Waals surface area (Å²) in [6.45, 7) is 3.67. The van der Waals surface area contributed by atoms with Gasteiger partial charge in [0.25, 0.3) is 5.91 Å². The number of benzene rings is 1. The van der Waals surface area contributed by atoms with Crippen molar-refractivity contribution in [3.05, 3.63) is 18.2 Å². The lowest BCUT2D eigenvalue weighted by Crippen LogP contribution is -2.62. The highest BCUT2D eigenvalue weighted by Crippen LogP contribution is 2.44. The van der Waals surface area contributed by atoms with Gasteiger partial charge in [-0.15, -0.1) is 24.9 Å². The number of carbonyl (C=O) groups excluding carboxylic acids is 1. The molecule has 0 bridgehead atoms. The lowest BCUT2D eigenvalue weighted by Gasteiger charge is -2.43. The molecule has 2 heterocycles. The molecule has 124 valence electrons. The average Bonchev–Trinajstić information content (AvgIpc) is 2.42. The molecule has 2 aliphatic heterocycles. The van der Waals surface area contributed by atoms with Crippen LogP contribution in [0.4, 0.5) is 18.9 Å². The van der Waals surface area contributed by atoms with E-state index < -0.39 is 17.2 Å². The number of fused-ring (bicyclic) bond motifs is 2. The first-order valence-corrected chi connectivity index (χ1v) is 7.67. The minimum absolute atomic E-state index is 0.308. The number of carbonyl (C=O) groups is 1. The van der Waals surface area contributed by atoms with Crippen LogP contribution in [0.5, 0.6) is 5.75 Å². The van der Waals surface area contributed by atoms with Crippen molar-refractivity contribution in [3.8, 4) is 5.75 Å². The highest BCUT2D eigenvalue weighted by Gasteiger charge is 2.45. The van der Waals surface area contributed by atoms with Gasteiger partial charge in [0.15, 0.2) is 0 Å². The standard InChI is InChI=1S/C14H14F3N3O2S/c1-13(2)6-9-11(12(21)20(13)18)23-10-5-7(22-14(15,16)17)3-4-8(10)19-9/h3-5,11H,6,18H2,1-2H3. The molecule has 0 saturated carbocycles. The number of ether oxygens (including phenoxy) is 1. The number of hydrogen-bond donors (Lipinski definition) is 1. The Morgan fingerprint density at radius 3 is 2.78 bits per heavy atom. The molecule has 0 aromatic heterocycles. The van der Waals surface area contributed by atoms with E-state index in [0.717, 1.165) is 11.8 Å². The Kier molecular flexibility index (Phi) is 3.60. The van der Waals surface area contributed by atoms with Crippen LogP contribution in [0.25, 0.3) is 0 Å². The van der Waals surface area contributed by atoms with E-state index in [-0.39, 0.29) is 11.7 Å². The van der Waals surface area contributed by atoms with E-state index >= 15 is 0 Å². The number of nitrogens with zero attached hydrogens (tertiary/aromatic N) is 2. The monoisotopic (exact) mass is 345 g/mol. The van der Waals surface area contributed by atoms with Crippen LogP contribution in [-0.2, 0) is 4.79 Å². The maximum atomic E-state index is 12.4. The van der Waals surface area contributed by atoms with Gasteiger partial charge in [-0.05, 0) is 32.0 Å². The maximum Gasteiger partial charge on any atom is 0.573 e. The molecule has 1 aromatic rings. The summed E-state index contributed by atoms with van der Waals surface area (Å²) in [5.41, 5.74) is 0.664. The van der Waals surface area contributed by atoms with E-state index in [9.17, 15) is 18.0 Å². The van der Waals surface area contributed by atoms with Crippen molar-refractivity contribution in [1.82, 2.24) is 5.01 Å². The van der Waals surface area contributed by atoms with Gasteiger partial charge in [-0.3, -0.25) is 14.8 Å². The molecule has 0 radical (unpaired) electrons. The fraction of sp³-hybridized carbons (Fsp3) is 0.429. The van der Waals surface area contributed by atoms with Gasteiger partial charge in [-0.2, -0.15) is 0 Å². The summed E-state index contributed by atoms with van der Waals surface area (Å²) in [7, 11) is 0. The van der Waals surface area contributed by atoms with E-state index in [1.54, 1.807) is 0 Å². The molecule has 3 rings (SSSR count). The number of hydrogen-bond acceptors (Lipinski definition) is 5. The number of amides is 1. The number of halogens is 3. The van der Waals surface area contributed by atoms with Crippen molar-refractivity contribution in [2.45, 2.75) is 42.3 Å². The van der Waals surface area contributed by atoms with E-state index in [1.807, 2.05) is 13.8 Å². The molecule has 1 aromatic carbocycles. The first-order valence-electron chi connectivity index (χ1n) is 6.79. The fourth-order valence-electron chi connectivity index (χ4n) is 2.56. The number of piperidine rings is 1. The van der Waals surface area contributed by atoms with Crippen molar-refractivity contribution in [2.75, 3.05) is 0 Å². The number of nitrogens with two attached hydrogens (primary N) is 1. The Morgan fingerprint density at radius 2 is 2.13 bits per heavy atom. The molecule has 1 amide bonds. The van der Waals surface area contributed by atoms with Crippen molar-refractivity contribution in [3.63, 3.8) is 0 Å². The molecule has 5 nitrogen and oxygen atoms in total. The van der Waals surface area contributed by atoms with E-state index in [1.165, 1.54) is 23.2 Å². The average molecular weight is 345 g/mol. The quantitative estimate of drug-likeness (QED) is 0.628. The lowest BCUT2D eigenvalue weighted by molar-refractivity contribution is -0.274. The second-order valence-corrected chi connectivity index (χ2v) is 7.12. The molecule has 1 fully saturated rings. The molecule has 1 unspecified atom stereocenters. The van der Waals surface area contributed by atoms with Crippen molar-refractivity contribution >= 4 is 29.1 Å². The van der Waals surface area contributed by atoms with Gasteiger partial charge in [-0.1, -0.05) is 0 Å². The third-order valence-electron chi connectivity index (χ3n) is 3.70. The summed E-state index contributed by atoms with van der Waals surface area (Å²) < 4.78 is 40.8. The molecule has 2 aliphatic rings. The van der Waals surface area contributed by atoms with Gasteiger partial charge >= 0.3 is 6.36 Å². The first kappa shape index (κ1) is 16.1. The molecule has 1 atom stereocenters. The minimum Gasteiger partial charge on any atom is -0.406 e. The molecular weight excluding hydrogens is 331 g/mol. The SMILES string of the molecule is CC1(C)CC2=Nc3ccc(OC(F)(F)F)cc3SC2C(=O)N1N. The van der Waals surface area contributed by atoms with Gasteiger partial charge in [0.2, 0.25) is 0 Å². The third kappa shape index (κ3) is 3.02. The highest BCUT2D eigenvalue weighted by molar-refractivity contribution is 8.01. The molecule has 2 N–H and O–H groups in total. The number of hydrazine groups is 1. The smallest absolute Gasteiger partial charge is 0.406 e. The molecule has 9 heteroatoms. The molecule has 1 saturated heterocycles. The predicted octanol–water partition coefficient (Wildman–Crippen LogP) is 3.02. The number of rotatable bonds is 1. The summed E-state index contributed by atoms with van der Waals surface area (Å²) in [6.07, 6.45) is -4.26. The van der Waals surface area contributed by atoms with Gasteiger partial charge in [-0.25, -0.2) is 5.84 Å². The van der Waals surface area contributed by atoms with Crippen LogP contribution < -0.4 is 10.6 Å².